The molecular weight excluding hydrogens is 667 g/mol. The summed E-state index contributed by atoms with van der Waals surface area (Å²) >= 11 is 0. The van der Waals surface area contributed by atoms with E-state index in [-0.39, 0.29) is 29.1 Å². The molecule has 0 amide bonds. The number of benzene rings is 3. The van der Waals surface area contributed by atoms with Gasteiger partial charge in [0.05, 0.1) is 37.6 Å². The molecule has 5 aromatic rings. The van der Waals surface area contributed by atoms with Crippen LogP contribution in [0.1, 0.15) is 90.2 Å². The van der Waals surface area contributed by atoms with Gasteiger partial charge in [-0.2, -0.15) is 15.1 Å². The first kappa shape index (κ1) is 39.1. The zero-order valence-corrected chi connectivity index (χ0v) is 32.4. The zero-order valence-electron chi connectivity index (χ0n) is 32.4. The maximum Gasteiger partial charge on any atom is 0.254 e. The Kier molecular flexibility index (Phi) is 13.7. The number of hydrogen-bond donors (Lipinski definition) is 2. The van der Waals surface area contributed by atoms with Gasteiger partial charge in [0.15, 0.2) is 11.6 Å². The quantitative estimate of drug-likeness (QED) is 0.0857. The number of nitrogens with zero attached hydrogens (tertiary/aromatic N) is 5. The third-order valence-corrected chi connectivity index (χ3v) is 10.1. The summed E-state index contributed by atoms with van der Waals surface area (Å²) in [5, 5.41) is 27.7. The average molecular weight is 722 g/mol. The molecule has 0 spiro atoms. The largest absolute Gasteiger partial charge is 0.507 e. The van der Waals surface area contributed by atoms with Crippen molar-refractivity contribution in [3.05, 3.63) is 72.1 Å². The fourth-order valence-electron chi connectivity index (χ4n) is 6.32. The van der Waals surface area contributed by atoms with Gasteiger partial charge < -0.3 is 24.4 Å². The molecule has 2 unspecified atom stereocenters. The van der Waals surface area contributed by atoms with Crippen LogP contribution < -0.4 is 14.2 Å². The van der Waals surface area contributed by atoms with Gasteiger partial charge in [0.1, 0.15) is 28.7 Å². The van der Waals surface area contributed by atoms with Gasteiger partial charge in [0, 0.05) is 22.9 Å². The van der Waals surface area contributed by atoms with Crippen molar-refractivity contribution in [2.24, 2.45) is 11.8 Å². The molecule has 0 radical (unpaired) electrons. The molecule has 53 heavy (non-hydrogen) atoms. The number of ether oxygens (including phenoxy) is 3. The first-order chi connectivity index (χ1) is 25.7. The Morgan fingerprint density at radius 1 is 0.660 bits per heavy atom. The van der Waals surface area contributed by atoms with Crippen LogP contribution in [0.4, 0.5) is 0 Å². The number of aromatic hydroxyl groups is 2. The topological polar surface area (TPSA) is 125 Å². The molecule has 0 bridgehead atoms. The SMILES string of the molecule is CCCCC(CC)COc1ccc(-c2nc(-c3ccc(OCC(CC)CCCC)c(C)c3O)nc(-n3cc(-c4ccc(OC)cc4)cn3)n2)c(O)c1C. The van der Waals surface area contributed by atoms with Crippen molar-refractivity contribution in [1.29, 1.82) is 0 Å². The normalized spacial score (nSPS) is 12.4. The van der Waals surface area contributed by atoms with Crippen molar-refractivity contribution in [3.8, 4) is 68.6 Å². The Labute approximate surface area is 314 Å². The Morgan fingerprint density at radius 3 is 1.62 bits per heavy atom. The van der Waals surface area contributed by atoms with Crippen LogP contribution in [0, 0.1) is 25.7 Å². The highest BCUT2D eigenvalue weighted by atomic mass is 16.5. The van der Waals surface area contributed by atoms with E-state index in [1.807, 2.05) is 56.4 Å². The second-order valence-corrected chi connectivity index (χ2v) is 13.8. The number of hydrogen-bond acceptors (Lipinski definition) is 9. The van der Waals surface area contributed by atoms with Gasteiger partial charge in [-0.1, -0.05) is 78.4 Å². The third kappa shape index (κ3) is 9.47. The third-order valence-electron chi connectivity index (χ3n) is 10.1. The van der Waals surface area contributed by atoms with E-state index in [2.05, 4.69) is 32.8 Å². The van der Waals surface area contributed by atoms with E-state index in [4.69, 9.17) is 29.2 Å². The molecule has 2 atom stereocenters. The molecule has 0 saturated carbocycles. The minimum absolute atomic E-state index is 0.0179. The van der Waals surface area contributed by atoms with Crippen LogP contribution >= 0.6 is 0 Å². The van der Waals surface area contributed by atoms with Crippen molar-refractivity contribution < 1.29 is 24.4 Å². The Hall–Kier alpha value is -5.12. The molecule has 0 aliphatic heterocycles. The van der Waals surface area contributed by atoms with Crippen LogP contribution in [0.3, 0.4) is 0 Å². The predicted octanol–water partition coefficient (Wildman–Crippen LogP) is 10.3. The minimum atomic E-state index is 0.0179. The molecule has 2 aromatic heterocycles. The average Bonchev–Trinajstić information content (AvgIpc) is 3.68. The summed E-state index contributed by atoms with van der Waals surface area (Å²) in [6.07, 6.45) is 12.5. The highest BCUT2D eigenvalue weighted by Crippen LogP contribution is 2.39. The van der Waals surface area contributed by atoms with Gasteiger partial charge in [0.2, 0.25) is 0 Å². The summed E-state index contributed by atoms with van der Waals surface area (Å²) in [7, 11) is 1.63. The second-order valence-electron chi connectivity index (χ2n) is 13.8. The van der Waals surface area contributed by atoms with Gasteiger partial charge in [-0.25, -0.2) is 9.67 Å². The number of phenols is 2. The molecule has 0 aliphatic rings. The molecule has 10 nitrogen and oxygen atoms in total. The van der Waals surface area contributed by atoms with Crippen molar-refractivity contribution in [2.45, 2.75) is 92.9 Å². The number of phenolic OH excluding ortho intramolecular Hbond substituents is 2. The molecule has 0 saturated heterocycles. The maximum absolute atomic E-state index is 11.5. The Balaban J connectivity index is 1.53. The lowest BCUT2D eigenvalue weighted by molar-refractivity contribution is 0.231. The lowest BCUT2D eigenvalue weighted by atomic mass is 10.0. The van der Waals surface area contributed by atoms with E-state index in [0.717, 1.165) is 68.2 Å². The Morgan fingerprint density at radius 2 is 1.17 bits per heavy atom. The van der Waals surface area contributed by atoms with E-state index >= 15 is 0 Å². The van der Waals surface area contributed by atoms with E-state index in [0.29, 0.717) is 58.8 Å². The van der Waals surface area contributed by atoms with Crippen LogP contribution in [0.5, 0.6) is 28.7 Å². The monoisotopic (exact) mass is 721 g/mol. The summed E-state index contributed by atoms with van der Waals surface area (Å²) in [5.41, 5.74) is 3.82. The lowest BCUT2D eigenvalue weighted by Crippen LogP contribution is -2.12. The maximum atomic E-state index is 11.5. The lowest BCUT2D eigenvalue weighted by Gasteiger charge is -2.18. The molecule has 5 rings (SSSR count). The molecule has 2 N–H and O–H groups in total. The van der Waals surface area contributed by atoms with Crippen molar-refractivity contribution in [1.82, 2.24) is 24.7 Å². The number of unbranched alkanes of at least 4 members (excludes halogenated alkanes) is 2. The minimum Gasteiger partial charge on any atom is -0.507 e. The van der Waals surface area contributed by atoms with Crippen LogP contribution in [-0.4, -0.2) is 55.3 Å². The number of methoxy groups -OCH3 is 1. The summed E-state index contributed by atoms with van der Waals surface area (Å²) < 4.78 is 19.3. The van der Waals surface area contributed by atoms with Crippen LogP contribution in [-0.2, 0) is 0 Å². The van der Waals surface area contributed by atoms with Gasteiger partial charge in [0.25, 0.3) is 5.95 Å². The van der Waals surface area contributed by atoms with Gasteiger partial charge >= 0.3 is 0 Å². The second kappa shape index (κ2) is 18.6. The first-order valence-corrected chi connectivity index (χ1v) is 19.1. The summed E-state index contributed by atoms with van der Waals surface area (Å²) in [6.45, 7) is 13.6. The van der Waals surface area contributed by atoms with E-state index in [1.54, 1.807) is 30.1 Å². The van der Waals surface area contributed by atoms with Crippen molar-refractivity contribution in [3.63, 3.8) is 0 Å². The van der Waals surface area contributed by atoms with E-state index in [9.17, 15) is 10.2 Å². The molecular formula is C43H55N5O5. The number of aromatic nitrogens is 5. The first-order valence-electron chi connectivity index (χ1n) is 19.1. The molecule has 0 aliphatic carbocycles. The highest BCUT2D eigenvalue weighted by molar-refractivity contribution is 5.73. The molecule has 10 heteroatoms. The highest BCUT2D eigenvalue weighted by Gasteiger charge is 2.22. The van der Waals surface area contributed by atoms with E-state index < -0.39 is 0 Å². The molecule has 2 heterocycles. The van der Waals surface area contributed by atoms with Gasteiger partial charge in [-0.05, 0) is 80.5 Å². The standard InChI is InChI=1S/C43H55N5O5/c1-8-12-14-30(10-3)26-52-37-22-20-35(39(49)28(37)5)41-45-42(36-21-23-38(29(6)40(36)50)53-27-31(11-4)15-13-9-2)47-43(46-41)48-25-33(24-44-48)32-16-18-34(51-7)19-17-32/h16-25,30-31,49-50H,8-15,26-27H2,1-7H3. The zero-order chi connectivity index (χ0) is 37.9. The summed E-state index contributed by atoms with van der Waals surface area (Å²) in [6, 6.07) is 14.9. The fraction of sp³-hybridized carbons (Fsp3) is 0.442. The predicted molar refractivity (Wildman–Crippen MR) is 210 cm³/mol. The smallest absolute Gasteiger partial charge is 0.254 e. The molecule has 3 aromatic carbocycles. The van der Waals surface area contributed by atoms with Crippen LogP contribution in [0.15, 0.2) is 60.9 Å². The molecule has 282 valence electrons. The summed E-state index contributed by atoms with van der Waals surface area (Å²) in [4.78, 5) is 14.4. The Bertz CT molecular complexity index is 1850. The molecule has 0 fully saturated rings. The van der Waals surface area contributed by atoms with Gasteiger partial charge in [-0.15, -0.1) is 0 Å². The fourth-order valence-corrected chi connectivity index (χ4v) is 6.32. The van der Waals surface area contributed by atoms with E-state index in [1.165, 1.54) is 0 Å². The van der Waals surface area contributed by atoms with Crippen LogP contribution in [0.25, 0.3) is 39.9 Å². The number of rotatable bonds is 19. The van der Waals surface area contributed by atoms with Crippen LogP contribution in [0.2, 0.25) is 0 Å². The van der Waals surface area contributed by atoms with Crippen molar-refractivity contribution >= 4 is 0 Å². The summed E-state index contributed by atoms with van der Waals surface area (Å²) in [5.74, 6) is 3.61. The van der Waals surface area contributed by atoms with Gasteiger partial charge in [-0.3, -0.25) is 0 Å². The van der Waals surface area contributed by atoms with Crippen molar-refractivity contribution in [2.75, 3.05) is 20.3 Å².